The minimum Gasteiger partial charge on any atom is -0.354 e. The van der Waals surface area contributed by atoms with Gasteiger partial charge in [-0.15, -0.1) is 0 Å². The molecule has 2 aliphatic heterocycles. The van der Waals surface area contributed by atoms with Crippen molar-refractivity contribution in [1.82, 2.24) is 19.8 Å². The number of piperidine rings is 1. The summed E-state index contributed by atoms with van der Waals surface area (Å²) < 4.78 is 0. The van der Waals surface area contributed by atoms with E-state index in [1.54, 1.807) is 11.9 Å². The number of benzene rings is 1. The molecule has 4 heterocycles. The number of carbonyl (C=O) groups excluding carboxylic acids is 2. The number of pyridine rings is 1. The van der Waals surface area contributed by atoms with Crippen molar-refractivity contribution in [2.75, 3.05) is 26.7 Å². The van der Waals surface area contributed by atoms with Crippen LogP contribution in [0.15, 0.2) is 30.3 Å². The first-order chi connectivity index (χ1) is 16.3. The highest BCUT2D eigenvalue weighted by Crippen LogP contribution is 2.36. The number of fused-ring (bicyclic) bond motifs is 1. The molecule has 1 atom stereocenters. The number of hydrogen-bond donors (Lipinski definition) is 1. The number of rotatable bonds is 4. The Morgan fingerprint density at radius 1 is 1.12 bits per heavy atom. The third-order valence-corrected chi connectivity index (χ3v) is 7.62. The van der Waals surface area contributed by atoms with Crippen LogP contribution in [0.3, 0.4) is 0 Å². The molecule has 2 amide bonds. The van der Waals surface area contributed by atoms with Gasteiger partial charge in [0.2, 0.25) is 11.8 Å². The Balaban J connectivity index is 1.35. The van der Waals surface area contributed by atoms with E-state index in [4.69, 9.17) is 0 Å². The Bertz CT molecular complexity index is 1230. The fourth-order valence-corrected chi connectivity index (χ4v) is 5.83. The van der Waals surface area contributed by atoms with Crippen LogP contribution in [0.2, 0.25) is 0 Å². The molecular formula is C28H34N4O2. The van der Waals surface area contributed by atoms with E-state index in [0.717, 1.165) is 43.7 Å². The molecule has 178 valence electrons. The summed E-state index contributed by atoms with van der Waals surface area (Å²) in [5, 5.41) is 1.30. The van der Waals surface area contributed by atoms with Gasteiger partial charge in [0, 0.05) is 66.7 Å². The van der Waals surface area contributed by atoms with Crippen molar-refractivity contribution in [2.45, 2.75) is 52.4 Å². The van der Waals surface area contributed by atoms with Gasteiger partial charge in [-0.25, -0.2) is 0 Å². The molecule has 0 saturated carbocycles. The monoisotopic (exact) mass is 458 g/mol. The first-order valence-electron chi connectivity index (χ1n) is 12.5. The molecule has 2 aromatic heterocycles. The fraction of sp³-hybridized carbons (Fsp3) is 0.464. The number of amides is 2. The lowest BCUT2D eigenvalue weighted by Crippen LogP contribution is -2.42. The number of nitrogens with one attached hydrogen (secondary N) is 1. The number of hydrogen-bond acceptors (Lipinski definition) is 3. The first-order valence-corrected chi connectivity index (χ1v) is 12.5. The van der Waals surface area contributed by atoms with Crippen molar-refractivity contribution in [1.29, 1.82) is 0 Å². The second kappa shape index (κ2) is 8.90. The Morgan fingerprint density at radius 2 is 1.82 bits per heavy atom. The SMILES string of the molecule is CCc1c(-c2cc(C)nc(C)c2)[nH]c2ccc(C3CCN(C(=O)C4CC(=O)N(C)C4)CC3)cc12. The highest BCUT2D eigenvalue weighted by Gasteiger charge is 2.36. The molecule has 2 saturated heterocycles. The molecule has 2 aliphatic rings. The van der Waals surface area contributed by atoms with Gasteiger partial charge in [0.15, 0.2) is 0 Å². The molecule has 6 nitrogen and oxygen atoms in total. The third kappa shape index (κ3) is 4.10. The number of carbonyl (C=O) groups is 2. The van der Waals surface area contributed by atoms with Crippen LogP contribution in [0.25, 0.3) is 22.2 Å². The molecule has 1 N–H and O–H groups in total. The highest BCUT2D eigenvalue weighted by atomic mass is 16.2. The maximum Gasteiger partial charge on any atom is 0.227 e. The Hall–Kier alpha value is -3.15. The minimum atomic E-state index is -0.170. The van der Waals surface area contributed by atoms with E-state index in [1.807, 2.05) is 18.7 Å². The molecule has 5 rings (SSSR count). The summed E-state index contributed by atoms with van der Waals surface area (Å²) in [7, 11) is 1.78. The average molecular weight is 459 g/mol. The van der Waals surface area contributed by atoms with E-state index in [9.17, 15) is 9.59 Å². The van der Waals surface area contributed by atoms with E-state index >= 15 is 0 Å². The zero-order valence-corrected chi connectivity index (χ0v) is 20.6. The number of aromatic amines is 1. The van der Waals surface area contributed by atoms with Crippen LogP contribution in [0.4, 0.5) is 0 Å². The van der Waals surface area contributed by atoms with Crippen molar-refractivity contribution in [3.63, 3.8) is 0 Å². The van der Waals surface area contributed by atoms with Gasteiger partial charge in [0.1, 0.15) is 0 Å². The number of aromatic nitrogens is 2. The molecule has 0 aliphatic carbocycles. The maximum atomic E-state index is 12.9. The van der Waals surface area contributed by atoms with E-state index < -0.39 is 0 Å². The van der Waals surface area contributed by atoms with Gasteiger partial charge in [-0.1, -0.05) is 13.0 Å². The summed E-state index contributed by atoms with van der Waals surface area (Å²) in [6.45, 7) is 8.40. The topological polar surface area (TPSA) is 69.3 Å². The van der Waals surface area contributed by atoms with Crippen molar-refractivity contribution >= 4 is 22.7 Å². The predicted molar refractivity (Wildman–Crippen MR) is 135 cm³/mol. The van der Waals surface area contributed by atoms with Gasteiger partial charge >= 0.3 is 0 Å². The molecule has 0 bridgehead atoms. The summed E-state index contributed by atoms with van der Waals surface area (Å²) >= 11 is 0. The van der Waals surface area contributed by atoms with Crippen molar-refractivity contribution < 1.29 is 9.59 Å². The van der Waals surface area contributed by atoms with Crippen LogP contribution in [0.5, 0.6) is 0 Å². The number of likely N-dealkylation sites (tertiary alicyclic amines) is 2. The fourth-order valence-electron chi connectivity index (χ4n) is 5.83. The summed E-state index contributed by atoms with van der Waals surface area (Å²) in [5.41, 5.74) is 8.34. The molecule has 1 aromatic carbocycles. The molecular weight excluding hydrogens is 424 g/mol. The summed E-state index contributed by atoms with van der Waals surface area (Å²) in [5.74, 6) is 0.514. The Labute approximate surface area is 201 Å². The Morgan fingerprint density at radius 3 is 2.44 bits per heavy atom. The van der Waals surface area contributed by atoms with Crippen LogP contribution in [-0.2, 0) is 16.0 Å². The normalized spacial score (nSPS) is 19.4. The van der Waals surface area contributed by atoms with Gasteiger partial charge < -0.3 is 14.8 Å². The second-order valence-corrected chi connectivity index (χ2v) is 10.1. The molecule has 2 fully saturated rings. The lowest BCUT2D eigenvalue weighted by atomic mass is 9.88. The minimum absolute atomic E-state index is 0.0798. The Kier molecular flexibility index (Phi) is 5.92. The van der Waals surface area contributed by atoms with E-state index in [2.05, 4.69) is 47.2 Å². The van der Waals surface area contributed by atoms with E-state index in [1.165, 1.54) is 33.3 Å². The van der Waals surface area contributed by atoms with Crippen LogP contribution >= 0.6 is 0 Å². The summed E-state index contributed by atoms with van der Waals surface area (Å²) in [6.07, 6.45) is 3.25. The lowest BCUT2D eigenvalue weighted by molar-refractivity contribution is -0.136. The van der Waals surface area contributed by atoms with Crippen LogP contribution < -0.4 is 0 Å². The molecule has 0 radical (unpaired) electrons. The molecule has 0 spiro atoms. The van der Waals surface area contributed by atoms with Crippen LogP contribution in [-0.4, -0.2) is 58.3 Å². The predicted octanol–water partition coefficient (Wildman–Crippen LogP) is 4.59. The zero-order valence-electron chi connectivity index (χ0n) is 20.6. The smallest absolute Gasteiger partial charge is 0.227 e. The van der Waals surface area contributed by atoms with E-state index in [0.29, 0.717) is 18.9 Å². The quantitative estimate of drug-likeness (QED) is 0.622. The molecule has 6 heteroatoms. The average Bonchev–Trinajstić information content (AvgIpc) is 3.37. The van der Waals surface area contributed by atoms with Crippen LogP contribution in [0.1, 0.15) is 54.6 Å². The van der Waals surface area contributed by atoms with Gasteiger partial charge in [0.05, 0.1) is 5.92 Å². The third-order valence-electron chi connectivity index (χ3n) is 7.62. The summed E-state index contributed by atoms with van der Waals surface area (Å²) in [6, 6.07) is 11.1. The summed E-state index contributed by atoms with van der Waals surface area (Å²) in [4.78, 5) is 36.6. The first kappa shape index (κ1) is 22.6. The highest BCUT2D eigenvalue weighted by molar-refractivity contribution is 5.91. The zero-order chi connectivity index (χ0) is 24.0. The molecule has 34 heavy (non-hydrogen) atoms. The number of aryl methyl sites for hydroxylation is 3. The number of H-pyrrole nitrogens is 1. The largest absolute Gasteiger partial charge is 0.354 e. The molecule has 3 aromatic rings. The second-order valence-electron chi connectivity index (χ2n) is 10.1. The van der Waals surface area contributed by atoms with Gasteiger partial charge in [-0.2, -0.15) is 0 Å². The lowest BCUT2D eigenvalue weighted by Gasteiger charge is -2.33. The standard InChI is InChI=1S/C28H34N4O2/c1-5-23-24-14-20(6-7-25(24)30-27(23)21-12-17(2)29-18(3)13-21)19-8-10-32(11-9-19)28(34)22-15-26(33)31(4)16-22/h6-7,12-14,19,22,30H,5,8-11,15-16H2,1-4H3. The van der Waals surface area contributed by atoms with Gasteiger partial charge in [-0.3, -0.25) is 14.6 Å². The number of nitrogens with zero attached hydrogens (tertiary/aromatic N) is 3. The van der Waals surface area contributed by atoms with Crippen molar-refractivity contribution in [2.24, 2.45) is 5.92 Å². The maximum absolute atomic E-state index is 12.9. The van der Waals surface area contributed by atoms with Crippen molar-refractivity contribution in [3.8, 4) is 11.3 Å². The van der Waals surface area contributed by atoms with E-state index in [-0.39, 0.29) is 17.7 Å². The van der Waals surface area contributed by atoms with Crippen LogP contribution in [0, 0.1) is 19.8 Å². The molecule has 1 unspecified atom stereocenters. The van der Waals surface area contributed by atoms with Crippen molar-refractivity contribution in [3.05, 3.63) is 52.8 Å². The van der Waals surface area contributed by atoms with Gasteiger partial charge in [0.25, 0.3) is 0 Å². The van der Waals surface area contributed by atoms with Gasteiger partial charge in [-0.05, 0) is 74.4 Å².